The van der Waals surface area contributed by atoms with Crippen LogP contribution in [0.5, 0.6) is 0 Å². The standard InChI is InChI=1S/C15H27N5O2/c1-11(2)8-13-18-14(22-19-13)10-20-7-3-4-12(9-20)15(21)17-6-5-16/h11-12H,3-10,16H2,1-2H3,(H,17,21). The molecule has 1 aliphatic rings. The molecule has 0 saturated carbocycles. The number of amides is 1. The van der Waals surface area contributed by atoms with Crippen LogP contribution in [0.2, 0.25) is 0 Å². The van der Waals surface area contributed by atoms with Gasteiger partial charge in [-0.3, -0.25) is 9.69 Å². The maximum atomic E-state index is 12.0. The van der Waals surface area contributed by atoms with Gasteiger partial charge in [-0.1, -0.05) is 19.0 Å². The summed E-state index contributed by atoms with van der Waals surface area (Å²) in [6.45, 7) is 7.59. The van der Waals surface area contributed by atoms with Gasteiger partial charge in [0.1, 0.15) is 0 Å². The molecule has 22 heavy (non-hydrogen) atoms. The fourth-order valence-electron chi connectivity index (χ4n) is 2.75. The Hall–Kier alpha value is -1.47. The van der Waals surface area contributed by atoms with Crippen molar-refractivity contribution in [3.05, 3.63) is 11.7 Å². The number of hydrogen-bond donors (Lipinski definition) is 2. The van der Waals surface area contributed by atoms with Crippen molar-refractivity contribution >= 4 is 5.91 Å². The van der Waals surface area contributed by atoms with Gasteiger partial charge in [0.15, 0.2) is 5.82 Å². The van der Waals surface area contributed by atoms with E-state index in [4.69, 9.17) is 10.3 Å². The smallest absolute Gasteiger partial charge is 0.240 e. The van der Waals surface area contributed by atoms with E-state index in [-0.39, 0.29) is 11.8 Å². The lowest BCUT2D eigenvalue weighted by atomic mass is 9.97. The normalized spacial score (nSPS) is 19.5. The average molecular weight is 309 g/mol. The van der Waals surface area contributed by atoms with E-state index in [1.165, 1.54) is 0 Å². The maximum Gasteiger partial charge on any atom is 0.240 e. The van der Waals surface area contributed by atoms with Crippen molar-refractivity contribution in [1.82, 2.24) is 20.4 Å². The van der Waals surface area contributed by atoms with Crippen molar-refractivity contribution in [2.45, 2.75) is 39.7 Å². The van der Waals surface area contributed by atoms with E-state index in [9.17, 15) is 4.79 Å². The van der Waals surface area contributed by atoms with Crippen molar-refractivity contribution in [3.63, 3.8) is 0 Å². The molecule has 1 aromatic rings. The summed E-state index contributed by atoms with van der Waals surface area (Å²) in [7, 11) is 0. The zero-order chi connectivity index (χ0) is 15.9. The van der Waals surface area contributed by atoms with Gasteiger partial charge in [0, 0.05) is 26.1 Å². The van der Waals surface area contributed by atoms with E-state index < -0.39 is 0 Å². The second-order valence-electron chi connectivity index (χ2n) is 6.36. The Kier molecular flexibility index (Phi) is 6.33. The minimum absolute atomic E-state index is 0.0263. The van der Waals surface area contributed by atoms with Crippen LogP contribution in [0.1, 0.15) is 38.4 Å². The summed E-state index contributed by atoms with van der Waals surface area (Å²) in [6, 6.07) is 0. The summed E-state index contributed by atoms with van der Waals surface area (Å²) >= 11 is 0. The molecule has 7 heteroatoms. The Morgan fingerprint density at radius 1 is 1.55 bits per heavy atom. The number of piperidine rings is 1. The zero-order valence-corrected chi connectivity index (χ0v) is 13.5. The topological polar surface area (TPSA) is 97.3 Å². The molecule has 2 rings (SSSR count). The molecule has 124 valence electrons. The molecule has 1 atom stereocenters. The van der Waals surface area contributed by atoms with Crippen LogP contribution in [0.15, 0.2) is 4.52 Å². The molecule has 1 unspecified atom stereocenters. The largest absolute Gasteiger partial charge is 0.355 e. The third-order valence-corrected chi connectivity index (χ3v) is 3.78. The summed E-state index contributed by atoms with van der Waals surface area (Å²) < 4.78 is 5.31. The molecule has 1 aromatic heterocycles. The lowest BCUT2D eigenvalue weighted by molar-refractivity contribution is -0.126. The minimum Gasteiger partial charge on any atom is -0.355 e. The predicted octanol–water partition coefficient (Wildman–Crippen LogP) is 0.555. The molecular weight excluding hydrogens is 282 g/mol. The van der Waals surface area contributed by atoms with E-state index in [1.807, 2.05) is 0 Å². The van der Waals surface area contributed by atoms with Crippen LogP contribution in [0.25, 0.3) is 0 Å². The fraction of sp³-hybridized carbons (Fsp3) is 0.800. The molecular formula is C15H27N5O2. The minimum atomic E-state index is 0.0263. The highest BCUT2D eigenvalue weighted by Crippen LogP contribution is 2.18. The molecule has 0 aliphatic carbocycles. The number of likely N-dealkylation sites (tertiary alicyclic amines) is 1. The molecule has 1 amide bonds. The quantitative estimate of drug-likeness (QED) is 0.763. The van der Waals surface area contributed by atoms with Crippen LogP contribution < -0.4 is 11.1 Å². The Bertz CT molecular complexity index is 474. The maximum absolute atomic E-state index is 12.0. The first-order chi connectivity index (χ1) is 10.6. The molecule has 1 aliphatic heterocycles. The van der Waals surface area contributed by atoms with Crippen LogP contribution in [0.4, 0.5) is 0 Å². The van der Waals surface area contributed by atoms with Crippen LogP contribution in [-0.4, -0.2) is 47.1 Å². The number of hydrogen-bond acceptors (Lipinski definition) is 6. The summed E-state index contributed by atoms with van der Waals surface area (Å²) in [5.41, 5.74) is 5.42. The van der Waals surface area contributed by atoms with Gasteiger partial charge in [-0.25, -0.2) is 0 Å². The second kappa shape index (κ2) is 8.24. The van der Waals surface area contributed by atoms with Crippen molar-refractivity contribution in [2.24, 2.45) is 17.6 Å². The van der Waals surface area contributed by atoms with E-state index in [0.29, 0.717) is 31.4 Å². The molecule has 1 saturated heterocycles. The number of carbonyl (C=O) groups excluding carboxylic acids is 1. The molecule has 7 nitrogen and oxygen atoms in total. The number of rotatable bonds is 7. The molecule has 0 aromatic carbocycles. The molecule has 0 spiro atoms. The highest BCUT2D eigenvalue weighted by Gasteiger charge is 2.26. The van der Waals surface area contributed by atoms with Crippen LogP contribution >= 0.6 is 0 Å². The van der Waals surface area contributed by atoms with Gasteiger partial charge < -0.3 is 15.6 Å². The van der Waals surface area contributed by atoms with E-state index in [1.54, 1.807) is 0 Å². The predicted molar refractivity (Wildman–Crippen MR) is 82.9 cm³/mol. The van der Waals surface area contributed by atoms with Crippen LogP contribution in [-0.2, 0) is 17.8 Å². The van der Waals surface area contributed by atoms with Gasteiger partial charge >= 0.3 is 0 Å². The summed E-state index contributed by atoms with van der Waals surface area (Å²) in [5, 5.41) is 6.88. The summed E-state index contributed by atoms with van der Waals surface area (Å²) in [5.74, 6) is 2.04. The van der Waals surface area contributed by atoms with Crippen molar-refractivity contribution < 1.29 is 9.32 Å². The van der Waals surface area contributed by atoms with Gasteiger partial charge in [0.25, 0.3) is 0 Å². The summed E-state index contributed by atoms with van der Waals surface area (Å²) in [6.07, 6.45) is 2.76. The van der Waals surface area contributed by atoms with Crippen LogP contribution in [0.3, 0.4) is 0 Å². The first-order valence-electron chi connectivity index (χ1n) is 8.10. The van der Waals surface area contributed by atoms with Gasteiger partial charge in [-0.05, 0) is 25.3 Å². The van der Waals surface area contributed by atoms with E-state index >= 15 is 0 Å². The lowest BCUT2D eigenvalue weighted by Gasteiger charge is -2.30. The lowest BCUT2D eigenvalue weighted by Crippen LogP contribution is -2.43. The van der Waals surface area contributed by atoms with Gasteiger partial charge in [0.2, 0.25) is 11.8 Å². The third-order valence-electron chi connectivity index (χ3n) is 3.78. The molecule has 2 heterocycles. The van der Waals surface area contributed by atoms with Gasteiger partial charge in [-0.15, -0.1) is 0 Å². The van der Waals surface area contributed by atoms with Crippen molar-refractivity contribution in [3.8, 4) is 0 Å². The number of nitrogens with one attached hydrogen (secondary N) is 1. The van der Waals surface area contributed by atoms with E-state index in [0.717, 1.165) is 38.2 Å². The highest BCUT2D eigenvalue weighted by molar-refractivity contribution is 5.78. The highest BCUT2D eigenvalue weighted by atomic mass is 16.5. The summed E-state index contributed by atoms with van der Waals surface area (Å²) in [4.78, 5) is 18.7. The molecule has 0 bridgehead atoms. The number of aromatic nitrogens is 2. The number of carbonyl (C=O) groups is 1. The Morgan fingerprint density at radius 2 is 2.36 bits per heavy atom. The molecule has 1 fully saturated rings. The first-order valence-corrected chi connectivity index (χ1v) is 8.10. The SMILES string of the molecule is CC(C)Cc1noc(CN2CCCC(C(=O)NCCN)C2)n1. The fourth-order valence-corrected chi connectivity index (χ4v) is 2.75. The van der Waals surface area contributed by atoms with Crippen molar-refractivity contribution in [2.75, 3.05) is 26.2 Å². The monoisotopic (exact) mass is 309 g/mol. The van der Waals surface area contributed by atoms with Crippen molar-refractivity contribution in [1.29, 1.82) is 0 Å². The Balaban J connectivity index is 1.84. The molecule has 3 N–H and O–H groups in total. The van der Waals surface area contributed by atoms with Crippen LogP contribution in [0, 0.1) is 11.8 Å². The Labute approximate surface area is 131 Å². The average Bonchev–Trinajstić information content (AvgIpc) is 2.91. The van der Waals surface area contributed by atoms with E-state index in [2.05, 4.69) is 34.2 Å². The zero-order valence-electron chi connectivity index (χ0n) is 13.5. The van der Waals surface area contributed by atoms with Gasteiger partial charge in [-0.2, -0.15) is 4.98 Å². The Morgan fingerprint density at radius 3 is 3.09 bits per heavy atom. The first kappa shape index (κ1) is 16.9. The van der Waals surface area contributed by atoms with Gasteiger partial charge in [0.05, 0.1) is 12.5 Å². The third kappa shape index (κ3) is 5.06. The molecule has 0 radical (unpaired) electrons. The number of nitrogens with two attached hydrogens (primary N) is 1. The second-order valence-corrected chi connectivity index (χ2v) is 6.36. The number of nitrogens with zero attached hydrogens (tertiary/aromatic N) is 3.